The molecule has 0 aliphatic rings. The number of benzene rings is 1. The van der Waals surface area contributed by atoms with E-state index in [0.717, 1.165) is 12.1 Å². The van der Waals surface area contributed by atoms with Crippen LogP contribution >= 0.6 is 0 Å². The zero-order valence-corrected chi connectivity index (χ0v) is 10.5. The number of alkyl halides is 3. The molecule has 0 bridgehead atoms. The molecule has 1 rings (SSSR count). The molecular formula is C13H16F3NO2. The fourth-order valence-corrected chi connectivity index (χ4v) is 1.59. The van der Waals surface area contributed by atoms with Crippen LogP contribution in [-0.4, -0.2) is 23.7 Å². The van der Waals surface area contributed by atoms with Gasteiger partial charge in [-0.3, -0.25) is 4.79 Å². The molecule has 0 saturated heterocycles. The zero-order chi connectivity index (χ0) is 14.5. The summed E-state index contributed by atoms with van der Waals surface area (Å²) in [6.07, 6.45) is -3.90. The fraction of sp³-hybridized carbons (Fsp3) is 0.462. The van der Waals surface area contributed by atoms with Crippen LogP contribution in [0.4, 0.5) is 13.2 Å². The van der Waals surface area contributed by atoms with Crippen LogP contribution in [0.15, 0.2) is 24.3 Å². The number of hydrogen-bond donors (Lipinski definition) is 2. The van der Waals surface area contributed by atoms with Crippen molar-refractivity contribution in [2.45, 2.75) is 32.0 Å². The van der Waals surface area contributed by atoms with Crippen molar-refractivity contribution in [2.24, 2.45) is 0 Å². The van der Waals surface area contributed by atoms with Gasteiger partial charge in [-0.15, -0.1) is 0 Å². The van der Waals surface area contributed by atoms with Crippen LogP contribution < -0.4 is 5.32 Å². The molecule has 106 valence electrons. The summed E-state index contributed by atoms with van der Waals surface area (Å²) in [5.74, 6) is -0.277. The number of halogens is 3. The van der Waals surface area contributed by atoms with E-state index in [9.17, 15) is 18.0 Å². The van der Waals surface area contributed by atoms with Crippen molar-refractivity contribution < 1.29 is 23.1 Å². The van der Waals surface area contributed by atoms with Gasteiger partial charge in [-0.2, -0.15) is 13.2 Å². The third-order valence-corrected chi connectivity index (χ3v) is 2.62. The molecule has 6 heteroatoms. The van der Waals surface area contributed by atoms with Crippen molar-refractivity contribution in [3.8, 4) is 0 Å². The molecule has 0 radical (unpaired) electrons. The first kappa shape index (κ1) is 15.5. The van der Waals surface area contributed by atoms with Crippen molar-refractivity contribution in [1.82, 2.24) is 5.32 Å². The predicted octanol–water partition coefficient (Wildman–Crippen LogP) is 2.13. The van der Waals surface area contributed by atoms with Crippen molar-refractivity contribution in [1.29, 1.82) is 0 Å². The minimum Gasteiger partial charge on any atom is -0.396 e. The third-order valence-electron chi connectivity index (χ3n) is 2.62. The Morgan fingerprint density at radius 3 is 2.37 bits per heavy atom. The molecule has 0 heterocycles. The molecule has 0 saturated carbocycles. The van der Waals surface area contributed by atoms with Gasteiger partial charge in [-0.05, 0) is 31.0 Å². The van der Waals surface area contributed by atoms with Crippen LogP contribution in [0.3, 0.4) is 0 Å². The molecule has 1 aromatic carbocycles. The number of amides is 1. The predicted molar refractivity (Wildman–Crippen MR) is 64.5 cm³/mol. The third kappa shape index (κ3) is 5.30. The van der Waals surface area contributed by atoms with Crippen molar-refractivity contribution in [3.63, 3.8) is 0 Å². The highest BCUT2D eigenvalue weighted by atomic mass is 19.4. The van der Waals surface area contributed by atoms with Crippen LogP contribution in [0.5, 0.6) is 0 Å². The number of aliphatic hydroxyl groups is 1. The molecule has 0 aromatic heterocycles. The fourth-order valence-electron chi connectivity index (χ4n) is 1.59. The minimum atomic E-state index is -4.36. The van der Waals surface area contributed by atoms with E-state index < -0.39 is 11.7 Å². The van der Waals surface area contributed by atoms with Gasteiger partial charge in [0.25, 0.3) is 0 Å². The van der Waals surface area contributed by atoms with E-state index in [1.807, 2.05) is 0 Å². The lowest BCUT2D eigenvalue weighted by Gasteiger charge is -2.12. The molecule has 1 unspecified atom stereocenters. The van der Waals surface area contributed by atoms with Crippen LogP contribution in [0.25, 0.3) is 0 Å². The summed E-state index contributed by atoms with van der Waals surface area (Å²) in [4.78, 5) is 11.6. The van der Waals surface area contributed by atoms with E-state index in [2.05, 4.69) is 5.32 Å². The molecule has 2 N–H and O–H groups in total. The van der Waals surface area contributed by atoms with E-state index in [0.29, 0.717) is 12.0 Å². The Hall–Kier alpha value is -1.56. The molecule has 0 spiro atoms. The van der Waals surface area contributed by atoms with E-state index in [-0.39, 0.29) is 25.0 Å². The molecule has 1 atom stereocenters. The van der Waals surface area contributed by atoms with Crippen LogP contribution in [0.1, 0.15) is 24.5 Å². The minimum absolute atomic E-state index is 0.0217. The smallest absolute Gasteiger partial charge is 0.396 e. The SMILES string of the molecule is CC(CCO)NC(=O)Cc1ccc(C(F)(F)F)cc1. The second-order valence-corrected chi connectivity index (χ2v) is 4.35. The normalized spacial score (nSPS) is 13.1. The number of carbonyl (C=O) groups is 1. The molecule has 0 aliphatic carbocycles. The maximum absolute atomic E-state index is 12.3. The van der Waals surface area contributed by atoms with Gasteiger partial charge in [0.2, 0.25) is 5.91 Å². The van der Waals surface area contributed by atoms with Gasteiger partial charge >= 0.3 is 6.18 Å². The topological polar surface area (TPSA) is 49.3 Å². The number of aliphatic hydroxyl groups excluding tert-OH is 1. The highest BCUT2D eigenvalue weighted by molar-refractivity contribution is 5.78. The second-order valence-electron chi connectivity index (χ2n) is 4.35. The molecule has 1 amide bonds. The van der Waals surface area contributed by atoms with E-state index in [4.69, 9.17) is 5.11 Å². The lowest BCUT2D eigenvalue weighted by Crippen LogP contribution is -2.34. The monoisotopic (exact) mass is 275 g/mol. The van der Waals surface area contributed by atoms with Crippen molar-refractivity contribution >= 4 is 5.91 Å². The molecule has 1 aromatic rings. The Kier molecular flexibility index (Phi) is 5.35. The van der Waals surface area contributed by atoms with Gasteiger partial charge in [-0.1, -0.05) is 12.1 Å². The molecule has 0 aliphatic heterocycles. The molecule has 19 heavy (non-hydrogen) atoms. The Balaban J connectivity index is 2.56. The standard InChI is InChI=1S/C13H16F3NO2/c1-9(6-7-18)17-12(19)8-10-2-4-11(5-3-10)13(14,15)16/h2-5,9,18H,6-8H2,1H3,(H,17,19). The van der Waals surface area contributed by atoms with Gasteiger partial charge < -0.3 is 10.4 Å². The average molecular weight is 275 g/mol. The molecular weight excluding hydrogens is 259 g/mol. The van der Waals surface area contributed by atoms with E-state index in [1.54, 1.807) is 6.92 Å². The lowest BCUT2D eigenvalue weighted by atomic mass is 10.1. The highest BCUT2D eigenvalue weighted by Gasteiger charge is 2.29. The van der Waals surface area contributed by atoms with Gasteiger partial charge in [0.1, 0.15) is 0 Å². The summed E-state index contributed by atoms with van der Waals surface area (Å²) in [6.45, 7) is 1.72. The second kappa shape index (κ2) is 6.56. The summed E-state index contributed by atoms with van der Waals surface area (Å²) in [6, 6.07) is 4.34. The Bertz CT molecular complexity index is 415. The zero-order valence-electron chi connectivity index (χ0n) is 10.5. The maximum atomic E-state index is 12.3. The lowest BCUT2D eigenvalue weighted by molar-refractivity contribution is -0.137. The van der Waals surface area contributed by atoms with Gasteiger partial charge in [0, 0.05) is 12.6 Å². The Morgan fingerprint density at radius 2 is 1.89 bits per heavy atom. The number of rotatable bonds is 5. The number of hydrogen-bond acceptors (Lipinski definition) is 2. The molecule has 0 fully saturated rings. The number of carbonyl (C=O) groups excluding carboxylic acids is 1. The first-order chi connectivity index (χ1) is 8.82. The summed E-state index contributed by atoms with van der Waals surface area (Å²) in [7, 11) is 0. The van der Waals surface area contributed by atoms with Crippen LogP contribution in [0.2, 0.25) is 0 Å². The summed E-state index contributed by atoms with van der Waals surface area (Å²) >= 11 is 0. The summed E-state index contributed by atoms with van der Waals surface area (Å²) < 4.78 is 37.0. The molecule has 3 nitrogen and oxygen atoms in total. The summed E-state index contributed by atoms with van der Waals surface area (Å²) in [5, 5.41) is 11.3. The number of nitrogens with one attached hydrogen (secondary N) is 1. The van der Waals surface area contributed by atoms with Gasteiger partial charge in [-0.25, -0.2) is 0 Å². The quantitative estimate of drug-likeness (QED) is 0.865. The Labute approximate surface area is 109 Å². The summed E-state index contributed by atoms with van der Waals surface area (Å²) in [5.41, 5.74) is -0.216. The van der Waals surface area contributed by atoms with E-state index in [1.165, 1.54) is 12.1 Å². The first-order valence-electron chi connectivity index (χ1n) is 5.89. The largest absolute Gasteiger partial charge is 0.416 e. The van der Waals surface area contributed by atoms with Crippen LogP contribution in [-0.2, 0) is 17.4 Å². The van der Waals surface area contributed by atoms with E-state index >= 15 is 0 Å². The maximum Gasteiger partial charge on any atom is 0.416 e. The van der Waals surface area contributed by atoms with Gasteiger partial charge in [0.05, 0.1) is 12.0 Å². The highest BCUT2D eigenvalue weighted by Crippen LogP contribution is 2.29. The van der Waals surface area contributed by atoms with Gasteiger partial charge in [0.15, 0.2) is 0 Å². The van der Waals surface area contributed by atoms with Crippen molar-refractivity contribution in [3.05, 3.63) is 35.4 Å². The first-order valence-corrected chi connectivity index (χ1v) is 5.89. The van der Waals surface area contributed by atoms with Crippen LogP contribution in [0, 0.1) is 0 Å². The van der Waals surface area contributed by atoms with Crippen molar-refractivity contribution in [2.75, 3.05) is 6.61 Å². The average Bonchev–Trinajstić information content (AvgIpc) is 2.28. The Morgan fingerprint density at radius 1 is 1.32 bits per heavy atom.